The number of benzene rings is 1. The van der Waals surface area contributed by atoms with Crippen LogP contribution in [0.1, 0.15) is 5.56 Å². The Hall–Kier alpha value is -1.67. The van der Waals surface area contributed by atoms with Crippen LogP contribution in [0.25, 0.3) is 0 Å². The predicted molar refractivity (Wildman–Crippen MR) is 83.9 cm³/mol. The van der Waals surface area contributed by atoms with Crippen LogP contribution >= 0.6 is 11.6 Å². The van der Waals surface area contributed by atoms with Gasteiger partial charge in [-0.2, -0.15) is 0 Å². The lowest BCUT2D eigenvalue weighted by atomic mass is 10.2. The van der Waals surface area contributed by atoms with Crippen molar-refractivity contribution >= 4 is 23.5 Å². The molecule has 0 radical (unpaired) electrons. The molecule has 128 valence electrons. The third-order valence-corrected chi connectivity index (χ3v) is 3.33. The Labute approximate surface area is 139 Å². The summed E-state index contributed by atoms with van der Waals surface area (Å²) in [6.45, 7) is 3.93. The number of hydrogen-bond acceptors (Lipinski definition) is 5. The fourth-order valence-corrected chi connectivity index (χ4v) is 2.06. The first-order valence-corrected chi connectivity index (χ1v) is 7.48. The lowest BCUT2D eigenvalue weighted by Gasteiger charge is -2.23. The molecular weight excluding hydrogens is 326 g/mol. The molecular formula is C15H20ClNO6. The van der Waals surface area contributed by atoms with E-state index in [1.54, 1.807) is 0 Å². The Morgan fingerprint density at radius 2 is 2.00 bits per heavy atom. The second-order valence-corrected chi connectivity index (χ2v) is 5.13. The molecule has 23 heavy (non-hydrogen) atoms. The van der Waals surface area contributed by atoms with E-state index in [0.29, 0.717) is 13.2 Å². The van der Waals surface area contributed by atoms with Crippen molar-refractivity contribution < 1.29 is 29.3 Å². The van der Waals surface area contributed by atoms with E-state index in [1.165, 1.54) is 0 Å². The van der Waals surface area contributed by atoms with Crippen LogP contribution in [0.3, 0.4) is 0 Å². The molecule has 1 heterocycles. The Bertz CT molecular complexity index is 492. The normalized spacial score (nSPS) is 17.0. The van der Waals surface area contributed by atoms with Crippen LogP contribution in [0.2, 0.25) is 5.02 Å². The minimum atomic E-state index is -1.82. The first-order chi connectivity index (χ1) is 11.0. The second kappa shape index (κ2) is 11.0. The van der Waals surface area contributed by atoms with Crippen molar-refractivity contribution in [3.8, 4) is 0 Å². The molecule has 1 aromatic carbocycles. The van der Waals surface area contributed by atoms with Gasteiger partial charge in [0.15, 0.2) is 0 Å². The van der Waals surface area contributed by atoms with Crippen LogP contribution in [0.15, 0.2) is 24.3 Å². The largest absolute Gasteiger partial charge is 0.473 e. The Morgan fingerprint density at radius 3 is 2.57 bits per heavy atom. The lowest BCUT2D eigenvalue weighted by Crippen LogP contribution is -2.41. The molecule has 0 aliphatic carbocycles. The van der Waals surface area contributed by atoms with Crippen LogP contribution in [0.4, 0.5) is 0 Å². The van der Waals surface area contributed by atoms with Gasteiger partial charge in [-0.3, -0.25) is 0 Å². The summed E-state index contributed by atoms with van der Waals surface area (Å²) in [5.41, 5.74) is 1.14. The SMILES string of the molecule is Clc1ccccc1CCOCC1CNCCO1.O=C(O)C(=O)O. The van der Waals surface area contributed by atoms with Gasteiger partial charge < -0.3 is 25.0 Å². The molecule has 1 saturated heterocycles. The van der Waals surface area contributed by atoms with E-state index in [4.69, 9.17) is 40.9 Å². The first-order valence-electron chi connectivity index (χ1n) is 7.10. The van der Waals surface area contributed by atoms with Crippen LogP contribution < -0.4 is 5.32 Å². The van der Waals surface area contributed by atoms with E-state index in [-0.39, 0.29) is 6.10 Å². The monoisotopic (exact) mass is 345 g/mol. The Kier molecular flexibility index (Phi) is 9.23. The number of carboxylic acids is 2. The van der Waals surface area contributed by atoms with Gasteiger partial charge >= 0.3 is 11.9 Å². The van der Waals surface area contributed by atoms with Gasteiger partial charge in [0.2, 0.25) is 0 Å². The third-order valence-electron chi connectivity index (χ3n) is 2.96. The number of hydrogen-bond donors (Lipinski definition) is 3. The fraction of sp³-hybridized carbons (Fsp3) is 0.467. The zero-order valence-corrected chi connectivity index (χ0v) is 13.3. The molecule has 8 heteroatoms. The Morgan fingerprint density at radius 1 is 1.30 bits per heavy atom. The van der Waals surface area contributed by atoms with Crippen molar-refractivity contribution in [1.82, 2.24) is 5.32 Å². The summed E-state index contributed by atoms with van der Waals surface area (Å²) in [6, 6.07) is 7.87. The zero-order chi connectivity index (χ0) is 17.1. The predicted octanol–water partition coefficient (Wildman–Crippen LogP) is 1.04. The highest BCUT2D eigenvalue weighted by molar-refractivity contribution is 6.31. The molecule has 7 nitrogen and oxygen atoms in total. The quantitative estimate of drug-likeness (QED) is 0.541. The minimum Gasteiger partial charge on any atom is -0.473 e. The zero-order valence-electron chi connectivity index (χ0n) is 12.5. The number of aliphatic carboxylic acids is 2. The van der Waals surface area contributed by atoms with E-state index in [2.05, 4.69) is 5.32 Å². The van der Waals surface area contributed by atoms with Crippen molar-refractivity contribution in [1.29, 1.82) is 0 Å². The van der Waals surface area contributed by atoms with E-state index in [9.17, 15) is 0 Å². The maximum absolute atomic E-state index is 9.10. The smallest absolute Gasteiger partial charge is 0.414 e. The number of halogens is 1. The number of carbonyl (C=O) groups is 2. The molecule has 1 fully saturated rings. The number of rotatable bonds is 5. The average molecular weight is 346 g/mol. The Balaban J connectivity index is 0.000000379. The third kappa shape index (κ3) is 8.51. The van der Waals surface area contributed by atoms with Crippen LogP contribution in [-0.4, -0.2) is 61.2 Å². The van der Waals surface area contributed by atoms with Gasteiger partial charge in [0.05, 0.1) is 25.9 Å². The lowest BCUT2D eigenvalue weighted by molar-refractivity contribution is -0.159. The molecule has 0 bridgehead atoms. The molecule has 1 aliphatic heterocycles. The maximum Gasteiger partial charge on any atom is 0.414 e. The summed E-state index contributed by atoms with van der Waals surface area (Å²) >= 11 is 6.06. The second-order valence-electron chi connectivity index (χ2n) is 4.72. The van der Waals surface area contributed by atoms with Crippen LogP contribution in [0.5, 0.6) is 0 Å². The van der Waals surface area contributed by atoms with Crippen molar-refractivity contribution in [3.63, 3.8) is 0 Å². The van der Waals surface area contributed by atoms with Crippen LogP contribution in [-0.2, 0) is 25.5 Å². The van der Waals surface area contributed by atoms with Crippen molar-refractivity contribution in [2.24, 2.45) is 0 Å². The van der Waals surface area contributed by atoms with Crippen molar-refractivity contribution in [2.45, 2.75) is 12.5 Å². The van der Waals surface area contributed by atoms with E-state index < -0.39 is 11.9 Å². The minimum absolute atomic E-state index is 0.190. The van der Waals surface area contributed by atoms with Crippen LogP contribution in [0, 0.1) is 0 Å². The van der Waals surface area contributed by atoms with Gasteiger partial charge in [0.25, 0.3) is 0 Å². The molecule has 2 rings (SSSR count). The molecule has 0 aromatic heterocycles. The number of carboxylic acid groups (broad SMARTS) is 2. The number of nitrogens with one attached hydrogen (secondary N) is 1. The van der Waals surface area contributed by atoms with Crippen molar-refractivity contribution in [3.05, 3.63) is 34.9 Å². The highest BCUT2D eigenvalue weighted by Gasteiger charge is 2.12. The highest BCUT2D eigenvalue weighted by atomic mass is 35.5. The van der Waals surface area contributed by atoms with E-state index >= 15 is 0 Å². The summed E-state index contributed by atoms with van der Waals surface area (Å²) in [6.07, 6.45) is 1.04. The van der Waals surface area contributed by atoms with Gasteiger partial charge in [0, 0.05) is 18.1 Å². The molecule has 0 saturated carbocycles. The molecule has 3 N–H and O–H groups in total. The average Bonchev–Trinajstić information content (AvgIpc) is 2.54. The van der Waals surface area contributed by atoms with Gasteiger partial charge in [0.1, 0.15) is 0 Å². The van der Waals surface area contributed by atoms with Gasteiger partial charge in [-0.05, 0) is 18.1 Å². The number of ether oxygens (including phenoxy) is 2. The van der Waals surface area contributed by atoms with Gasteiger partial charge in [-0.1, -0.05) is 29.8 Å². The highest BCUT2D eigenvalue weighted by Crippen LogP contribution is 2.15. The van der Waals surface area contributed by atoms with Crippen molar-refractivity contribution in [2.75, 3.05) is 32.9 Å². The summed E-state index contributed by atoms with van der Waals surface area (Å²) in [7, 11) is 0. The molecule has 1 aromatic rings. The first kappa shape index (κ1) is 19.4. The molecule has 1 atom stereocenters. The summed E-state index contributed by atoms with van der Waals surface area (Å²) in [5.74, 6) is -3.65. The van der Waals surface area contributed by atoms with E-state index in [1.807, 2.05) is 24.3 Å². The fourth-order valence-electron chi connectivity index (χ4n) is 1.82. The van der Waals surface area contributed by atoms with E-state index in [0.717, 1.165) is 36.7 Å². The standard InChI is InChI=1S/C13H18ClNO2.C2H2O4/c14-13-4-2-1-3-11(13)5-7-16-10-12-9-15-6-8-17-12;3-1(4)2(5)6/h1-4,12,15H,5-10H2;(H,3,4)(H,5,6). The van der Waals surface area contributed by atoms with Gasteiger partial charge in [-0.25, -0.2) is 9.59 Å². The maximum atomic E-state index is 9.10. The summed E-state index contributed by atoms with van der Waals surface area (Å²) in [4.78, 5) is 18.2. The molecule has 1 unspecified atom stereocenters. The summed E-state index contributed by atoms with van der Waals surface area (Å²) < 4.78 is 11.1. The summed E-state index contributed by atoms with van der Waals surface area (Å²) in [5, 5.41) is 18.9. The topological polar surface area (TPSA) is 105 Å². The molecule has 1 aliphatic rings. The molecule has 0 amide bonds. The molecule has 0 spiro atoms. The number of morpholine rings is 1. The van der Waals surface area contributed by atoms with Gasteiger partial charge in [-0.15, -0.1) is 0 Å².